The number of nitrogens with two attached hydrogens (primary N) is 2. The van der Waals surface area contributed by atoms with Crippen LogP contribution in [0.15, 0.2) is 47.7 Å². The lowest BCUT2D eigenvalue weighted by Crippen LogP contribution is -2.34. The summed E-state index contributed by atoms with van der Waals surface area (Å²) < 4.78 is 13.4. The number of fused-ring (bicyclic) bond motifs is 3. The van der Waals surface area contributed by atoms with Gasteiger partial charge in [0.05, 0.1) is 53.8 Å². The van der Waals surface area contributed by atoms with Crippen molar-refractivity contribution in [1.29, 1.82) is 0 Å². The van der Waals surface area contributed by atoms with Crippen molar-refractivity contribution in [1.82, 2.24) is 20.4 Å². The minimum absolute atomic E-state index is 0.00817. The van der Waals surface area contributed by atoms with Crippen LogP contribution in [0.5, 0.6) is 0 Å². The second-order valence-electron chi connectivity index (χ2n) is 10.9. The fourth-order valence-corrected chi connectivity index (χ4v) is 5.65. The highest BCUT2D eigenvalue weighted by Gasteiger charge is 2.35. The minimum atomic E-state index is -0.469. The number of rotatable bonds is 9. The first-order valence-corrected chi connectivity index (χ1v) is 14.0. The van der Waals surface area contributed by atoms with Crippen LogP contribution in [0.1, 0.15) is 50.4 Å². The van der Waals surface area contributed by atoms with Gasteiger partial charge >= 0.3 is 0 Å². The number of hydrogen-bond donors (Lipinski definition) is 5. The Labute approximate surface area is 240 Å². The Kier molecular flexibility index (Phi) is 8.22. The maximum Gasteiger partial charge on any atom is 0.269 e. The molecule has 2 aromatic rings. The van der Waals surface area contributed by atoms with E-state index < -0.39 is 5.91 Å². The zero-order chi connectivity index (χ0) is 29.3. The van der Waals surface area contributed by atoms with Crippen LogP contribution in [-0.4, -0.2) is 62.1 Å². The number of anilines is 2. The van der Waals surface area contributed by atoms with Gasteiger partial charge in [-0.25, -0.2) is 0 Å². The zero-order valence-electron chi connectivity index (χ0n) is 24.1. The molecular formula is C29H40N8O4. The molecule has 41 heavy (non-hydrogen) atoms. The molecule has 0 radical (unpaired) electrons. The molecule has 0 bridgehead atoms. The Morgan fingerprint density at radius 3 is 2.71 bits per heavy atom. The number of carbonyl (C=O) groups excluding carboxylic acids is 2. The Morgan fingerprint density at radius 1 is 1.22 bits per heavy atom. The van der Waals surface area contributed by atoms with Crippen molar-refractivity contribution in [2.75, 3.05) is 44.6 Å². The van der Waals surface area contributed by atoms with E-state index in [0.29, 0.717) is 13.2 Å². The quantitative estimate of drug-likeness (QED) is 0.227. The molecule has 2 aliphatic heterocycles. The van der Waals surface area contributed by atoms with E-state index >= 15 is 0 Å². The number of para-hydroxylation sites is 1. The summed E-state index contributed by atoms with van der Waals surface area (Å²) >= 11 is 0. The minimum Gasteiger partial charge on any atom is -0.393 e. The van der Waals surface area contributed by atoms with Crippen LogP contribution in [0.2, 0.25) is 0 Å². The average Bonchev–Trinajstić information content (AvgIpc) is 3.73. The lowest BCUT2D eigenvalue weighted by atomic mass is 9.93. The highest BCUT2D eigenvalue weighted by molar-refractivity contribution is 5.96. The Hall–Kier alpha value is -4.03. The molecule has 1 aromatic heterocycles. The summed E-state index contributed by atoms with van der Waals surface area (Å²) in [6.45, 7) is 3.39. The van der Waals surface area contributed by atoms with Crippen molar-refractivity contribution in [2.45, 2.75) is 50.8 Å². The second kappa shape index (κ2) is 11.8. The van der Waals surface area contributed by atoms with Gasteiger partial charge in [-0.15, -0.1) is 0 Å². The first-order chi connectivity index (χ1) is 19.7. The van der Waals surface area contributed by atoms with Gasteiger partial charge in [0.1, 0.15) is 11.5 Å². The van der Waals surface area contributed by atoms with Crippen molar-refractivity contribution in [3.05, 3.63) is 53.4 Å². The number of amides is 2. The van der Waals surface area contributed by atoms with Crippen LogP contribution in [0.3, 0.4) is 0 Å². The third kappa shape index (κ3) is 5.75. The summed E-state index contributed by atoms with van der Waals surface area (Å²) in [5.41, 5.74) is 17.5. The van der Waals surface area contributed by atoms with Gasteiger partial charge in [0.25, 0.3) is 5.91 Å². The second-order valence-corrected chi connectivity index (χ2v) is 10.9. The molecule has 5 rings (SSSR count). The molecule has 3 aliphatic rings. The number of nitrogens with zero attached hydrogens (tertiary/aromatic N) is 3. The highest BCUT2D eigenvalue weighted by atomic mass is 16.5. The molecule has 0 spiro atoms. The molecule has 1 aliphatic carbocycles. The Morgan fingerprint density at radius 2 is 2.00 bits per heavy atom. The lowest BCUT2D eigenvalue weighted by Gasteiger charge is -2.38. The summed E-state index contributed by atoms with van der Waals surface area (Å²) in [7, 11) is 5.24. The van der Waals surface area contributed by atoms with E-state index in [2.05, 4.69) is 38.5 Å². The number of carbonyl (C=O) groups is 2. The van der Waals surface area contributed by atoms with E-state index in [0.717, 1.165) is 53.9 Å². The topological polar surface area (TPSA) is 162 Å². The number of allylic oxidation sites excluding steroid dienone is 1. The van der Waals surface area contributed by atoms with Gasteiger partial charge in [-0.3, -0.25) is 14.3 Å². The van der Waals surface area contributed by atoms with Crippen LogP contribution >= 0.6 is 0 Å². The number of likely N-dealkylation sites (N-methyl/N-ethyl adjacent to an activating group) is 1. The summed E-state index contributed by atoms with van der Waals surface area (Å²) in [5, 5.41) is 13.5. The maximum atomic E-state index is 12.5. The molecule has 1 saturated heterocycles. The molecule has 1 saturated carbocycles. The van der Waals surface area contributed by atoms with Crippen molar-refractivity contribution in [3.63, 3.8) is 0 Å². The van der Waals surface area contributed by atoms with Crippen molar-refractivity contribution in [3.8, 4) is 11.1 Å². The van der Waals surface area contributed by atoms with Crippen molar-refractivity contribution in [2.24, 2.45) is 17.4 Å². The van der Waals surface area contributed by atoms with Gasteiger partial charge < -0.3 is 41.8 Å². The average molecular weight is 565 g/mol. The van der Waals surface area contributed by atoms with Gasteiger partial charge in [0.15, 0.2) is 0 Å². The smallest absolute Gasteiger partial charge is 0.269 e. The van der Waals surface area contributed by atoms with E-state index in [1.54, 1.807) is 7.11 Å². The SMILES string of the molecule is CNC(=O)/C(N)=C(/C=C(\N)NC(=O)C1CC1)Nc1cccc2c1N(C)C(C)c1c-2cnn1C1CCOC(COC)C1. The van der Waals surface area contributed by atoms with Crippen molar-refractivity contribution < 1.29 is 19.1 Å². The van der Waals surface area contributed by atoms with E-state index in [1.165, 1.54) is 13.1 Å². The van der Waals surface area contributed by atoms with Crippen LogP contribution in [-0.2, 0) is 19.1 Å². The number of methoxy groups -OCH3 is 1. The highest BCUT2D eigenvalue weighted by Crippen LogP contribution is 2.48. The Bertz CT molecular complexity index is 1380. The molecule has 12 heteroatoms. The van der Waals surface area contributed by atoms with Crippen molar-refractivity contribution >= 4 is 23.2 Å². The number of hydrogen-bond acceptors (Lipinski definition) is 9. The van der Waals surface area contributed by atoms with Gasteiger partial charge in [-0.05, 0) is 38.7 Å². The molecule has 1 aromatic carbocycles. The molecule has 2 fully saturated rings. The van der Waals surface area contributed by atoms with Crippen LogP contribution in [0, 0.1) is 5.92 Å². The van der Waals surface area contributed by atoms with E-state index in [4.69, 9.17) is 26.0 Å². The molecule has 2 amide bonds. The van der Waals surface area contributed by atoms with Crippen LogP contribution in [0.25, 0.3) is 11.1 Å². The predicted octanol–water partition coefficient (Wildman–Crippen LogP) is 2.08. The summed E-state index contributed by atoms with van der Waals surface area (Å²) in [6.07, 6.45) is 6.89. The molecular weight excluding hydrogens is 524 g/mol. The van der Waals surface area contributed by atoms with Gasteiger partial charge in [0, 0.05) is 50.9 Å². The molecule has 220 valence electrons. The standard InChI is InChI=1S/C29H40N8O4/c1-16-26-21(14-33-37(26)18-10-11-41-19(12-18)15-40-4)20-6-5-7-22(27(20)36(16)3)34-23(25(31)29(39)32-2)13-24(30)35-28(38)17-8-9-17/h5-7,13-14,16-19,34H,8-12,15,30-31H2,1-4H3,(H,32,39)(H,35,38)/b24-13+,25-23+. The maximum absolute atomic E-state index is 12.5. The Balaban J connectivity index is 1.50. The van der Waals surface area contributed by atoms with Crippen LogP contribution < -0.4 is 32.3 Å². The fourth-order valence-electron chi connectivity index (χ4n) is 5.65. The lowest BCUT2D eigenvalue weighted by molar-refractivity contribution is -0.121. The molecule has 7 N–H and O–H groups in total. The molecule has 3 heterocycles. The van der Waals surface area contributed by atoms with Gasteiger partial charge in [-0.1, -0.05) is 12.1 Å². The molecule has 3 atom stereocenters. The third-order valence-electron chi connectivity index (χ3n) is 8.07. The number of ether oxygens (including phenoxy) is 2. The van der Waals surface area contributed by atoms with E-state index in [1.807, 2.05) is 25.4 Å². The molecule has 3 unspecified atom stereocenters. The summed E-state index contributed by atoms with van der Waals surface area (Å²) in [4.78, 5) is 27.0. The zero-order valence-corrected chi connectivity index (χ0v) is 24.1. The number of nitrogens with one attached hydrogen (secondary N) is 3. The monoisotopic (exact) mass is 564 g/mol. The van der Waals surface area contributed by atoms with E-state index in [-0.39, 0.29) is 47.2 Å². The van der Waals surface area contributed by atoms with Gasteiger partial charge in [-0.2, -0.15) is 5.10 Å². The third-order valence-corrected chi connectivity index (χ3v) is 8.07. The summed E-state index contributed by atoms with van der Waals surface area (Å²) in [5.74, 6) is -0.514. The van der Waals surface area contributed by atoms with Gasteiger partial charge in [0.2, 0.25) is 5.91 Å². The first-order valence-electron chi connectivity index (χ1n) is 14.0. The molecule has 12 nitrogen and oxygen atoms in total. The largest absolute Gasteiger partial charge is 0.393 e. The fraction of sp³-hybridized carbons (Fsp3) is 0.483. The number of aromatic nitrogens is 2. The summed E-state index contributed by atoms with van der Waals surface area (Å²) in [6, 6.07) is 6.16. The predicted molar refractivity (Wildman–Crippen MR) is 156 cm³/mol. The number of benzene rings is 1. The van der Waals surface area contributed by atoms with E-state index in [9.17, 15) is 9.59 Å². The first kappa shape index (κ1) is 28.5. The normalized spacial score (nSPS) is 22.8. The van der Waals surface area contributed by atoms with Crippen LogP contribution in [0.4, 0.5) is 11.4 Å².